The van der Waals surface area contributed by atoms with Gasteiger partial charge in [-0.05, 0) is 30.3 Å². The zero-order chi connectivity index (χ0) is 26.3. The van der Waals surface area contributed by atoms with E-state index in [0.29, 0.717) is 11.5 Å². The van der Waals surface area contributed by atoms with Gasteiger partial charge in [0, 0.05) is 24.2 Å². The van der Waals surface area contributed by atoms with Gasteiger partial charge in [-0.25, -0.2) is 12.8 Å². The first-order valence-electron chi connectivity index (χ1n) is 10.7. The van der Waals surface area contributed by atoms with Crippen LogP contribution in [0, 0.1) is 5.82 Å². The van der Waals surface area contributed by atoms with Gasteiger partial charge in [-0.3, -0.25) is 9.10 Å². The van der Waals surface area contributed by atoms with Crippen molar-refractivity contribution in [3.8, 4) is 23.0 Å². The van der Waals surface area contributed by atoms with Gasteiger partial charge >= 0.3 is 0 Å². The summed E-state index contributed by atoms with van der Waals surface area (Å²) in [5.74, 6) is -0.0641. The van der Waals surface area contributed by atoms with E-state index in [1.807, 2.05) is 0 Å². The van der Waals surface area contributed by atoms with Crippen molar-refractivity contribution >= 4 is 21.6 Å². The van der Waals surface area contributed by atoms with Crippen molar-refractivity contribution in [3.63, 3.8) is 0 Å². The van der Waals surface area contributed by atoms with Crippen LogP contribution in [0.2, 0.25) is 0 Å². The lowest BCUT2D eigenvalue weighted by Crippen LogP contribution is -2.41. The molecular formula is C25H27FN2O7S. The third kappa shape index (κ3) is 5.80. The number of halogens is 1. The molecule has 3 rings (SSSR count). The number of carbonyl (C=O) groups excluding carboxylic acids is 1. The van der Waals surface area contributed by atoms with Crippen LogP contribution in [0.15, 0.2) is 65.6 Å². The average molecular weight is 519 g/mol. The first-order valence-corrected chi connectivity index (χ1v) is 12.2. The van der Waals surface area contributed by atoms with Gasteiger partial charge in [-0.1, -0.05) is 18.2 Å². The Labute approximate surface area is 209 Å². The van der Waals surface area contributed by atoms with Crippen molar-refractivity contribution in [2.75, 3.05) is 39.3 Å². The molecule has 0 saturated carbocycles. The summed E-state index contributed by atoms with van der Waals surface area (Å²) in [4.78, 5) is 12.8. The highest BCUT2D eigenvalue weighted by atomic mass is 32.2. The standard InChI is InChI=1S/C25H27FN2O7S/c1-32-18-9-11-22(33-2)21(13-18)28(16-25(29)27-15-17-7-5-6-8-20(17)26)36(30,31)19-10-12-23(34-3)24(14-19)35-4/h5-14H,15-16H2,1-4H3,(H,27,29). The molecule has 0 aromatic heterocycles. The quantitative estimate of drug-likeness (QED) is 0.415. The van der Waals surface area contributed by atoms with Gasteiger partial charge in [0.05, 0.1) is 39.0 Å². The molecule has 0 bridgehead atoms. The number of hydrogen-bond donors (Lipinski definition) is 1. The Bertz CT molecular complexity index is 1330. The van der Waals surface area contributed by atoms with Gasteiger partial charge in [-0.2, -0.15) is 0 Å². The summed E-state index contributed by atoms with van der Waals surface area (Å²) < 4.78 is 63.6. The SMILES string of the molecule is COc1ccc(OC)c(N(CC(=O)NCc2ccccc2F)S(=O)(=O)c2ccc(OC)c(OC)c2)c1. The van der Waals surface area contributed by atoms with E-state index >= 15 is 0 Å². The summed E-state index contributed by atoms with van der Waals surface area (Å²) in [6.07, 6.45) is 0. The molecule has 1 amide bonds. The Morgan fingerprint density at radius 3 is 2.17 bits per heavy atom. The normalized spacial score (nSPS) is 10.9. The Morgan fingerprint density at radius 2 is 1.53 bits per heavy atom. The molecule has 3 aromatic carbocycles. The average Bonchev–Trinajstić information content (AvgIpc) is 2.90. The highest BCUT2D eigenvalue weighted by Crippen LogP contribution is 2.37. The number of methoxy groups -OCH3 is 4. The molecule has 1 N–H and O–H groups in total. The van der Waals surface area contributed by atoms with Gasteiger partial charge in [0.25, 0.3) is 10.0 Å². The molecule has 0 spiro atoms. The fourth-order valence-electron chi connectivity index (χ4n) is 3.42. The maximum atomic E-state index is 14.0. The Kier molecular flexibility index (Phi) is 8.59. The number of nitrogens with zero attached hydrogens (tertiary/aromatic N) is 1. The summed E-state index contributed by atoms with van der Waals surface area (Å²) in [5.41, 5.74) is 0.340. The first kappa shape index (κ1) is 26.6. The van der Waals surface area contributed by atoms with Crippen LogP contribution in [-0.4, -0.2) is 49.3 Å². The number of carbonyl (C=O) groups is 1. The molecular weight excluding hydrogens is 491 g/mol. The van der Waals surface area contributed by atoms with Crippen LogP contribution in [0.4, 0.5) is 10.1 Å². The lowest BCUT2D eigenvalue weighted by Gasteiger charge is -2.26. The zero-order valence-corrected chi connectivity index (χ0v) is 21.1. The van der Waals surface area contributed by atoms with Crippen LogP contribution in [0.3, 0.4) is 0 Å². The number of amides is 1. The molecule has 3 aromatic rings. The van der Waals surface area contributed by atoms with E-state index in [-0.39, 0.29) is 34.2 Å². The molecule has 0 fully saturated rings. The highest BCUT2D eigenvalue weighted by molar-refractivity contribution is 7.92. The second kappa shape index (κ2) is 11.6. The number of rotatable bonds is 11. The number of hydrogen-bond acceptors (Lipinski definition) is 7. The van der Waals surface area contributed by atoms with Gasteiger partial charge in [0.1, 0.15) is 23.9 Å². The fraction of sp³-hybridized carbons (Fsp3) is 0.240. The third-order valence-corrected chi connectivity index (χ3v) is 7.07. The van der Waals surface area contributed by atoms with Gasteiger partial charge < -0.3 is 24.3 Å². The molecule has 0 aliphatic heterocycles. The van der Waals surface area contributed by atoms with E-state index in [9.17, 15) is 17.6 Å². The Morgan fingerprint density at radius 1 is 0.861 bits per heavy atom. The van der Waals surface area contributed by atoms with Crippen molar-refractivity contribution in [3.05, 3.63) is 72.0 Å². The third-order valence-electron chi connectivity index (χ3n) is 5.32. The second-order valence-electron chi connectivity index (χ2n) is 7.43. The van der Waals surface area contributed by atoms with Crippen LogP contribution >= 0.6 is 0 Å². The maximum Gasteiger partial charge on any atom is 0.265 e. The molecule has 0 unspecified atom stereocenters. The highest BCUT2D eigenvalue weighted by Gasteiger charge is 2.31. The number of benzene rings is 3. The zero-order valence-electron chi connectivity index (χ0n) is 20.3. The number of nitrogens with one attached hydrogen (secondary N) is 1. The van der Waals surface area contributed by atoms with E-state index in [0.717, 1.165) is 4.31 Å². The molecule has 0 saturated heterocycles. The van der Waals surface area contributed by atoms with Crippen molar-refractivity contribution < 1.29 is 36.6 Å². The summed E-state index contributed by atoms with van der Waals surface area (Å²) in [7, 11) is 1.29. The maximum absolute atomic E-state index is 14.0. The lowest BCUT2D eigenvalue weighted by atomic mass is 10.2. The van der Waals surface area contributed by atoms with Crippen molar-refractivity contribution in [2.24, 2.45) is 0 Å². The molecule has 36 heavy (non-hydrogen) atoms. The Balaban J connectivity index is 2.03. The number of ether oxygens (including phenoxy) is 4. The lowest BCUT2D eigenvalue weighted by molar-refractivity contribution is -0.119. The predicted molar refractivity (Wildman–Crippen MR) is 132 cm³/mol. The minimum absolute atomic E-state index is 0.0766. The molecule has 0 radical (unpaired) electrons. The fourth-order valence-corrected chi connectivity index (χ4v) is 4.86. The number of sulfonamides is 1. The van der Waals surface area contributed by atoms with Crippen molar-refractivity contribution in [1.82, 2.24) is 5.32 Å². The smallest absolute Gasteiger partial charge is 0.265 e. The van der Waals surface area contributed by atoms with Crippen LogP contribution in [0.25, 0.3) is 0 Å². The van der Waals surface area contributed by atoms with E-state index < -0.39 is 28.3 Å². The van der Waals surface area contributed by atoms with Crippen molar-refractivity contribution in [2.45, 2.75) is 11.4 Å². The molecule has 11 heteroatoms. The predicted octanol–water partition coefficient (Wildman–Crippen LogP) is 3.37. The molecule has 0 aliphatic carbocycles. The minimum atomic E-state index is -4.33. The van der Waals surface area contributed by atoms with Crippen LogP contribution in [0.1, 0.15) is 5.56 Å². The molecule has 0 heterocycles. The molecule has 9 nitrogen and oxygen atoms in total. The monoisotopic (exact) mass is 518 g/mol. The molecule has 0 atom stereocenters. The summed E-state index contributed by atoms with van der Waals surface area (Å²) in [5, 5.41) is 2.57. The van der Waals surface area contributed by atoms with E-state index in [1.54, 1.807) is 12.1 Å². The molecule has 0 aliphatic rings. The summed E-state index contributed by atoms with van der Waals surface area (Å²) in [6.45, 7) is -0.736. The molecule has 192 valence electrons. The van der Waals surface area contributed by atoms with Crippen LogP contribution in [0.5, 0.6) is 23.0 Å². The number of anilines is 1. The van der Waals surface area contributed by atoms with E-state index in [4.69, 9.17) is 18.9 Å². The summed E-state index contributed by atoms with van der Waals surface area (Å²) >= 11 is 0. The first-order chi connectivity index (χ1) is 17.2. The van der Waals surface area contributed by atoms with Crippen LogP contribution < -0.4 is 28.6 Å². The van der Waals surface area contributed by atoms with Crippen LogP contribution in [-0.2, 0) is 21.4 Å². The largest absolute Gasteiger partial charge is 0.497 e. The van der Waals surface area contributed by atoms with Gasteiger partial charge in [-0.15, -0.1) is 0 Å². The van der Waals surface area contributed by atoms with Gasteiger partial charge in [0.15, 0.2) is 11.5 Å². The topological polar surface area (TPSA) is 103 Å². The van der Waals surface area contributed by atoms with E-state index in [1.165, 1.54) is 77.0 Å². The Hall–Kier alpha value is -3.99. The van der Waals surface area contributed by atoms with E-state index in [2.05, 4.69) is 5.32 Å². The minimum Gasteiger partial charge on any atom is -0.497 e. The van der Waals surface area contributed by atoms with Gasteiger partial charge in [0.2, 0.25) is 5.91 Å². The summed E-state index contributed by atoms with van der Waals surface area (Å²) in [6, 6.07) is 14.6. The second-order valence-corrected chi connectivity index (χ2v) is 9.30. The van der Waals surface area contributed by atoms with Crippen molar-refractivity contribution in [1.29, 1.82) is 0 Å².